The highest BCUT2D eigenvalue weighted by molar-refractivity contribution is 14.0. The van der Waals surface area contributed by atoms with Gasteiger partial charge in [0.15, 0.2) is 5.96 Å². The standard InChI is InChI=1S/C23H36ClN5O.HI/c1-25-23(26-15-21(28(2)3)17-9-11-19(24)12-10-17)27-20-13-14-29(16-20)22(30)18-7-5-4-6-8-18;/h9-12,18,20-21H,4-8,13-16H2,1-3H3,(H2,25,26,27);1H. The smallest absolute Gasteiger partial charge is 0.225 e. The molecule has 3 rings (SSSR count). The molecule has 1 saturated heterocycles. The zero-order chi connectivity index (χ0) is 21.5. The normalized spacial score (nSPS) is 21.0. The minimum atomic E-state index is 0. The number of hydrogen-bond acceptors (Lipinski definition) is 3. The number of likely N-dealkylation sites (tertiary alicyclic amines) is 1. The number of rotatable bonds is 6. The van der Waals surface area contributed by atoms with E-state index in [4.69, 9.17) is 11.6 Å². The molecule has 2 N–H and O–H groups in total. The second kappa shape index (κ2) is 12.8. The predicted molar refractivity (Wildman–Crippen MR) is 139 cm³/mol. The Hall–Kier alpha value is -1.06. The largest absolute Gasteiger partial charge is 0.354 e. The molecule has 1 saturated carbocycles. The van der Waals surface area contributed by atoms with E-state index in [-0.39, 0.29) is 42.0 Å². The topological polar surface area (TPSA) is 60.0 Å². The summed E-state index contributed by atoms with van der Waals surface area (Å²) in [5.74, 6) is 1.39. The van der Waals surface area contributed by atoms with Gasteiger partial charge < -0.3 is 20.4 Å². The van der Waals surface area contributed by atoms with Crippen LogP contribution < -0.4 is 10.6 Å². The van der Waals surface area contributed by atoms with Gasteiger partial charge in [-0.25, -0.2) is 0 Å². The first-order valence-corrected chi connectivity index (χ1v) is 11.5. The summed E-state index contributed by atoms with van der Waals surface area (Å²) in [4.78, 5) is 21.4. The molecule has 0 radical (unpaired) electrons. The summed E-state index contributed by atoms with van der Waals surface area (Å²) in [6.07, 6.45) is 6.76. The molecule has 1 aromatic carbocycles. The number of benzene rings is 1. The van der Waals surface area contributed by atoms with Crippen molar-refractivity contribution in [2.45, 2.75) is 50.6 Å². The summed E-state index contributed by atoms with van der Waals surface area (Å²) in [5, 5.41) is 7.72. The van der Waals surface area contributed by atoms with Crippen LogP contribution in [0.5, 0.6) is 0 Å². The Morgan fingerprint density at radius 1 is 1.19 bits per heavy atom. The van der Waals surface area contributed by atoms with Crippen molar-refractivity contribution in [3.05, 3.63) is 34.9 Å². The number of likely N-dealkylation sites (N-methyl/N-ethyl adjacent to an activating group) is 1. The molecule has 6 nitrogen and oxygen atoms in total. The summed E-state index contributed by atoms with van der Waals surface area (Å²) >= 11 is 6.04. The lowest BCUT2D eigenvalue weighted by Crippen LogP contribution is -2.47. The molecule has 174 valence electrons. The Bertz CT molecular complexity index is 721. The number of hydrogen-bond donors (Lipinski definition) is 2. The Balaban J connectivity index is 0.00000341. The van der Waals surface area contributed by atoms with Crippen LogP contribution in [0.4, 0.5) is 0 Å². The summed E-state index contributed by atoms with van der Waals surface area (Å²) < 4.78 is 0. The Kier molecular flexibility index (Phi) is 10.9. The first-order valence-electron chi connectivity index (χ1n) is 11.2. The molecular formula is C23H37ClIN5O. The number of carbonyl (C=O) groups is 1. The SMILES string of the molecule is CN=C(NCC(c1ccc(Cl)cc1)N(C)C)NC1CCN(C(=O)C2CCCCC2)C1.I. The quantitative estimate of drug-likeness (QED) is 0.314. The maximum absolute atomic E-state index is 12.8. The highest BCUT2D eigenvalue weighted by Crippen LogP contribution is 2.27. The molecule has 0 bridgehead atoms. The van der Waals surface area contributed by atoms with E-state index in [0.29, 0.717) is 5.91 Å². The van der Waals surface area contributed by atoms with Gasteiger partial charge in [0.05, 0.1) is 6.04 Å². The summed E-state index contributed by atoms with van der Waals surface area (Å²) in [5.41, 5.74) is 1.21. The highest BCUT2D eigenvalue weighted by Gasteiger charge is 2.31. The van der Waals surface area contributed by atoms with Crippen molar-refractivity contribution < 1.29 is 4.79 Å². The third-order valence-electron chi connectivity index (χ3n) is 6.36. The number of amides is 1. The number of nitrogens with zero attached hydrogens (tertiary/aromatic N) is 3. The molecule has 2 fully saturated rings. The fourth-order valence-corrected chi connectivity index (χ4v) is 4.68. The molecule has 8 heteroatoms. The molecule has 1 aliphatic carbocycles. The van der Waals surface area contributed by atoms with Crippen molar-refractivity contribution in [2.75, 3.05) is 40.8 Å². The summed E-state index contributed by atoms with van der Waals surface area (Å²) in [6.45, 7) is 2.34. The van der Waals surface area contributed by atoms with Gasteiger partial charge in [-0.2, -0.15) is 0 Å². The van der Waals surface area contributed by atoms with Crippen LogP contribution in [-0.2, 0) is 4.79 Å². The van der Waals surface area contributed by atoms with Crippen molar-refractivity contribution >= 4 is 47.4 Å². The van der Waals surface area contributed by atoms with Gasteiger partial charge in [0, 0.05) is 43.7 Å². The lowest BCUT2D eigenvalue weighted by Gasteiger charge is -2.27. The van der Waals surface area contributed by atoms with Crippen LogP contribution in [-0.4, -0.2) is 68.5 Å². The Labute approximate surface area is 209 Å². The molecule has 1 aromatic rings. The van der Waals surface area contributed by atoms with E-state index in [9.17, 15) is 4.79 Å². The van der Waals surface area contributed by atoms with E-state index in [1.165, 1.54) is 24.8 Å². The number of guanidine groups is 1. The van der Waals surface area contributed by atoms with E-state index >= 15 is 0 Å². The Morgan fingerprint density at radius 3 is 2.48 bits per heavy atom. The maximum Gasteiger partial charge on any atom is 0.225 e. The fraction of sp³-hybridized carbons (Fsp3) is 0.652. The van der Waals surface area contributed by atoms with Crippen LogP contribution in [0.2, 0.25) is 5.02 Å². The van der Waals surface area contributed by atoms with E-state index in [2.05, 4.69) is 51.7 Å². The highest BCUT2D eigenvalue weighted by atomic mass is 127. The Morgan fingerprint density at radius 2 is 1.87 bits per heavy atom. The zero-order valence-corrected chi connectivity index (χ0v) is 22.0. The number of halogens is 2. The van der Waals surface area contributed by atoms with Gasteiger partial charge in [-0.15, -0.1) is 24.0 Å². The van der Waals surface area contributed by atoms with Crippen molar-refractivity contribution in [3.8, 4) is 0 Å². The molecule has 1 aliphatic heterocycles. The lowest BCUT2D eigenvalue weighted by atomic mass is 9.88. The van der Waals surface area contributed by atoms with E-state index in [1.807, 2.05) is 12.1 Å². The van der Waals surface area contributed by atoms with Crippen molar-refractivity contribution in [1.29, 1.82) is 0 Å². The summed E-state index contributed by atoms with van der Waals surface area (Å²) in [6, 6.07) is 8.44. The first-order chi connectivity index (χ1) is 14.5. The maximum atomic E-state index is 12.8. The zero-order valence-electron chi connectivity index (χ0n) is 18.9. The van der Waals surface area contributed by atoms with Gasteiger partial charge >= 0.3 is 0 Å². The van der Waals surface area contributed by atoms with Crippen molar-refractivity contribution in [1.82, 2.24) is 20.4 Å². The van der Waals surface area contributed by atoms with Crippen LogP contribution in [0.25, 0.3) is 0 Å². The molecule has 2 aliphatic rings. The monoisotopic (exact) mass is 561 g/mol. The fourth-order valence-electron chi connectivity index (χ4n) is 4.55. The van der Waals surface area contributed by atoms with Crippen molar-refractivity contribution in [3.63, 3.8) is 0 Å². The average molecular weight is 562 g/mol. The van der Waals surface area contributed by atoms with Gasteiger partial charge in [-0.3, -0.25) is 9.79 Å². The van der Waals surface area contributed by atoms with Crippen LogP contribution >= 0.6 is 35.6 Å². The molecule has 2 unspecified atom stereocenters. The third kappa shape index (κ3) is 7.49. The van der Waals surface area contributed by atoms with E-state index in [0.717, 1.165) is 49.9 Å². The van der Waals surface area contributed by atoms with Gasteiger partial charge in [0.2, 0.25) is 5.91 Å². The van der Waals surface area contributed by atoms with Crippen LogP contribution in [0.3, 0.4) is 0 Å². The van der Waals surface area contributed by atoms with Gasteiger partial charge in [0.1, 0.15) is 0 Å². The van der Waals surface area contributed by atoms with Gasteiger partial charge in [0.25, 0.3) is 0 Å². The number of aliphatic imine (C=N–C) groups is 1. The number of carbonyl (C=O) groups excluding carboxylic acids is 1. The average Bonchev–Trinajstić information content (AvgIpc) is 3.22. The van der Waals surface area contributed by atoms with Crippen LogP contribution in [0.1, 0.15) is 50.1 Å². The molecule has 1 amide bonds. The van der Waals surface area contributed by atoms with E-state index < -0.39 is 0 Å². The minimum absolute atomic E-state index is 0. The molecule has 31 heavy (non-hydrogen) atoms. The molecular weight excluding hydrogens is 525 g/mol. The molecule has 0 aromatic heterocycles. The molecule has 1 heterocycles. The second-order valence-corrected chi connectivity index (χ2v) is 9.17. The van der Waals surface area contributed by atoms with E-state index in [1.54, 1.807) is 7.05 Å². The van der Waals surface area contributed by atoms with Crippen molar-refractivity contribution in [2.24, 2.45) is 10.9 Å². The summed E-state index contributed by atoms with van der Waals surface area (Å²) in [7, 11) is 5.94. The van der Waals surface area contributed by atoms with Crippen LogP contribution in [0, 0.1) is 5.92 Å². The molecule has 0 spiro atoms. The van der Waals surface area contributed by atoms with Gasteiger partial charge in [-0.05, 0) is 51.1 Å². The number of nitrogens with one attached hydrogen (secondary N) is 2. The van der Waals surface area contributed by atoms with Crippen LogP contribution in [0.15, 0.2) is 29.3 Å². The second-order valence-electron chi connectivity index (χ2n) is 8.73. The molecule has 2 atom stereocenters. The van der Waals surface area contributed by atoms with Gasteiger partial charge in [-0.1, -0.05) is 43.0 Å². The minimum Gasteiger partial charge on any atom is -0.354 e. The lowest BCUT2D eigenvalue weighted by molar-refractivity contribution is -0.135. The third-order valence-corrected chi connectivity index (χ3v) is 6.61. The predicted octanol–water partition coefficient (Wildman–Crippen LogP) is 3.91. The first kappa shape index (κ1) is 26.2.